The Labute approximate surface area is 202 Å². The quantitative estimate of drug-likeness (QED) is 0.598. The minimum absolute atomic E-state index is 0.0146. The fourth-order valence-electron chi connectivity index (χ4n) is 3.49. The molecule has 0 unspecified atom stereocenters. The van der Waals surface area contributed by atoms with Crippen molar-refractivity contribution in [1.29, 1.82) is 5.26 Å². The normalized spacial score (nSPS) is 14.1. The van der Waals surface area contributed by atoms with E-state index in [4.69, 9.17) is 21.6 Å². The maximum absolute atomic E-state index is 13.1. The lowest BCUT2D eigenvalue weighted by Crippen LogP contribution is -2.56. The van der Waals surface area contributed by atoms with Gasteiger partial charge < -0.3 is 19.9 Å². The summed E-state index contributed by atoms with van der Waals surface area (Å²) in [6.45, 7) is 3.26. The molecule has 3 rings (SSSR count). The summed E-state index contributed by atoms with van der Waals surface area (Å²) < 4.78 is 5.00. The van der Waals surface area contributed by atoms with Gasteiger partial charge in [0.25, 0.3) is 5.91 Å². The van der Waals surface area contributed by atoms with Crippen LogP contribution >= 0.6 is 11.6 Å². The number of carbonyl (C=O) groups is 3. The number of halogens is 1. The molecule has 1 N–H and O–H groups in total. The van der Waals surface area contributed by atoms with Gasteiger partial charge in [-0.15, -0.1) is 0 Å². The molecule has 0 radical (unpaired) electrons. The Balaban J connectivity index is 1.71. The SMILES string of the molecule is CCOC(=O)N1CCN(C(=O)[C@H](CCC#N)NC(=O)c2cc(Cl)nc(-c3ccccc3)n2)CC1. The maximum Gasteiger partial charge on any atom is 0.409 e. The number of hydrogen-bond acceptors (Lipinski definition) is 7. The van der Waals surface area contributed by atoms with E-state index in [2.05, 4.69) is 15.3 Å². The number of piperazine rings is 1. The zero-order chi connectivity index (χ0) is 24.5. The van der Waals surface area contributed by atoms with Crippen LogP contribution in [-0.4, -0.2) is 76.5 Å². The Morgan fingerprint density at radius 2 is 1.82 bits per heavy atom. The topological polar surface area (TPSA) is 129 Å². The van der Waals surface area contributed by atoms with Crippen LogP contribution in [0, 0.1) is 11.3 Å². The van der Waals surface area contributed by atoms with Crippen molar-refractivity contribution in [2.45, 2.75) is 25.8 Å². The molecule has 1 aromatic carbocycles. The summed E-state index contributed by atoms with van der Waals surface area (Å²) in [4.78, 5) is 49.6. The fourth-order valence-corrected chi connectivity index (χ4v) is 3.68. The van der Waals surface area contributed by atoms with Crippen molar-refractivity contribution in [2.24, 2.45) is 0 Å². The van der Waals surface area contributed by atoms with E-state index in [1.165, 1.54) is 11.0 Å². The van der Waals surface area contributed by atoms with E-state index in [0.717, 1.165) is 0 Å². The van der Waals surface area contributed by atoms with Crippen molar-refractivity contribution in [3.8, 4) is 17.5 Å². The van der Waals surface area contributed by atoms with Crippen molar-refractivity contribution in [3.63, 3.8) is 0 Å². The van der Waals surface area contributed by atoms with Gasteiger partial charge >= 0.3 is 6.09 Å². The zero-order valence-electron chi connectivity index (χ0n) is 18.7. The smallest absolute Gasteiger partial charge is 0.409 e. The third kappa shape index (κ3) is 6.42. The summed E-state index contributed by atoms with van der Waals surface area (Å²) in [5.41, 5.74) is 0.705. The first kappa shape index (κ1) is 24.9. The van der Waals surface area contributed by atoms with Crippen LogP contribution in [0.1, 0.15) is 30.3 Å². The molecular weight excluding hydrogens is 460 g/mol. The average molecular weight is 485 g/mol. The number of hydrogen-bond donors (Lipinski definition) is 1. The predicted molar refractivity (Wildman–Crippen MR) is 124 cm³/mol. The molecule has 1 aliphatic heterocycles. The second-order valence-corrected chi connectivity index (χ2v) is 7.89. The number of rotatable bonds is 7. The van der Waals surface area contributed by atoms with E-state index < -0.39 is 18.0 Å². The van der Waals surface area contributed by atoms with Crippen molar-refractivity contribution in [2.75, 3.05) is 32.8 Å². The Bertz CT molecular complexity index is 1070. The van der Waals surface area contributed by atoms with Crippen LogP contribution in [0.15, 0.2) is 36.4 Å². The second kappa shape index (κ2) is 12.0. The second-order valence-electron chi connectivity index (χ2n) is 7.50. The van der Waals surface area contributed by atoms with E-state index in [0.29, 0.717) is 31.7 Å². The summed E-state index contributed by atoms with van der Waals surface area (Å²) in [6.07, 6.45) is -0.193. The summed E-state index contributed by atoms with van der Waals surface area (Å²) in [7, 11) is 0. The highest BCUT2D eigenvalue weighted by Gasteiger charge is 2.30. The summed E-state index contributed by atoms with van der Waals surface area (Å²) in [6, 6.07) is 11.5. The lowest BCUT2D eigenvalue weighted by atomic mass is 10.1. The van der Waals surface area contributed by atoms with Crippen LogP contribution in [-0.2, 0) is 9.53 Å². The molecular formula is C23H25ClN6O4. The van der Waals surface area contributed by atoms with Crippen LogP contribution in [0.5, 0.6) is 0 Å². The monoisotopic (exact) mass is 484 g/mol. The van der Waals surface area contributed by atoms with Gasteiger partial charge in [0.05, 0.1) is 12.7 Å². The van der Waals surface area contributed by atoms with E-state index in [9.17, 15) is 14.4 Å². The lowest BCUT2D eigenvalue weighted by Gasteiger charge is -2.35. The van der Waals surface area contributed by atoms with E-state index in [1.54, 1.807) is 24.0 Å². The average Bonchev–Trinajstić information content (AvgIpc) is 2.86. The number of nitriles is 1. The third-order valence-electron chi connectivity index (χ3n) is 5.23. The molecule has 1 atom stereocenters. The first-order valence-electron chi connectivity index (χ1n) is 10.9. The van der Waals surface area contributed by atoms with E-state index in [-0.39, 0.29) is 42.0 Å². The van der Waals surface area contributed by atoms with Gasteiger partial charge in [-0.25, -0.2) is 14.8 Å². The highest BCUT2D eigenvalue weighted by atomic mass is 35.5. The van der Waals surface area contributed by atoms with Crippen molar-refractivity contribution >= 4 is 29.5 Å². The van der Waals surface area contributed by atoms with Crippen molar-refractivity contribution in [1.82, 2.24) is 25.1 Å². The Hall–Kier alpha value is -3.71. The van der Waals surface area contributed by atoms with Gasteiger partial charge in [0.15, 0.2) is 5.82 Å². The van der Waals surface area contributed by atoms with E-state index in [1.807, 2.05) is 24.3 Å². The van der Waals surface area contributed by atoms with Gasteiger partial charge in [-0.2, -0.15) is 5.26 Å². The number of carbonyl (C=O) groups excluding carboxylic acids is 3. The molecule has 1 saturated heterocycles. The molecule has 3 amide bonds. The lowest BCUT2D eigenvalue weighted by molar-refractivity contribution is -0.135. The number of nitrogens with one attached hydrogen (secondary N) is 1. The van der Waals surface area contributed by atoms with Gasteiger partial charge in [0.1, 0.15) is 16.9 Å². The number of ether oxygens (including phenoxy) is 1. The maximum atomic E-state index is 13.1. The molecule has 0 bridgehead atoms. The molecule has 0 spiro atoms. The van der Waals surface area contributed by atoms with Crippen molar-refractivity contribution < 1.29 is 19.1 Å². The number of amides is 3. The van der Waals surface area contributed by atoms with Gasteiger partial charge in [-0.05, 0) is 13.3 Å². The summed E-state index contributed by atoms with van der Waals surface area (Å²) >= 11 is 6.12. The number of benzene rings is 1. The molecule has 10 nitrogen and oxygen atoms in total. The van der Waals surface area contributed by atoms with Gasteiger partial charge in [-0.3, -0.25) is 9.59 Å². The molecule has 0 saturated carbocycles. The summed E-state index contributed by atoms with van der Waals surface area (Å²) in [5.74, 6) is -0.633. The van der Waals surface area contributed by atoms with Gasteiger partial charge in [0, 0.05) is 44.2 Å². The molecule has 1 aromatic heterocycles. The minimum atomic E-state index is -0.921. The highest BCUT2D eigenvalue weighted by Crippen LogP contribution is 2.18. The number of aromatic nitrogens is 2. The standard InChI is InChI=1S/C23H25ClN6O4/c1-2-34-23(33)30-13-11-29(12-14-30)22(32)17(9-6-10-25)27-21(31)18-15-19(24)28-20(26-18)16-7-4-3-5-8-16/h3-5,7-8,15,17H,2,6,9,11-14H2,1H3,(H,27,31)/t17-/m0/s1. The Morgan fingerprint density at radius 1 is 1.15 bits per heavy atom. The Morgan fingerprint density at radius 3 is 2.47 bits per heavy atom. The first-order valence-corrected chi connectivity index (χ1v) is 11.3. The molecule has 0 aliphatic carbocycles. The van der Waals surface area contributed by atoms with Gasteiger partial charge in [-0.1, -0.05) is 41.9 Å². The van der Waals surface area contributed by atoms with E-state index >= 15 is 0 Å². The fraction of sp³-hybridized carbons (Fsp3) is 0.391. The molecule has 1 fully saturated rings. The molecule has 11 heteroatoms. The Kier molecular flexibility index (Phi) is 8.76. The third-order valence-corrected chi connectivity index (χ3v) is 5.42. The minimum Gasteiger partial charge on any atom is -0.450 e. The van der Waals surface area contributed by atoms with Crippen LogP contribution in [0.2, 0.25) is 5.15 Å². The first-order chi connectivity index (χ1) is 16.4. The summed E-state index contributed by atoms with van der Waals surface area (Å²) in [5, 5.41) is 11.8. The number of nitrogens with zero attached hydrogens (tertiary/aromatic N) is 5. The van der Waals surface area contributed by atoms with Crippen LogP contribution < -0.4 is 5.32 Å². The van der Waals surface area contributed by atoms with Crippen molar-refractivity contribution in [3.05, 3.63) is 47.2 Å². The highest BCUT2D eigenvalue weighted by molar-refractivity contribution is 6.29. The van der Waals surface area contributed by atoms with Crippen LogP contribution in [0.25, 0.3) is 11.4 Å². The van der Waals surface area contributed by atoms with Crippen LogP contribution in [0.4, 0.5) is 4.79 Å². The zero-order valence-corrected chi connectivity index (χ0v) is 19.5. The molecule has 2 heterocycles. The molecule has 178 valence electrons. The largest absolute Gasteiger partial charge is 0.450 e. The van der Waals surface area contributed by atoms with Gasteiger partial charge in [0.2, 0.25) is 5.91 Å². The molecule has 2 aromatic rings. The predicted octanol–water partition coefficient (Wildman–Crippen LogP) is 2.50. The molecule has 1 aliphatic rings. The molecule has 34 heavy (non-hydrogen) atoms. The van der Waals surface area contributed by atoms with Crippen LogP contribution in [0.3, 0.4) is 0 Å².